The van der Waals surface area contributed by atoms with Gasteiger partial charge in [0.25, 0.3) is 0 Å². The highest BCUT2D eigenvalue weighted by molar-refractivity contribution is 9.10. The third-order valence-electron chi connectivity index (χ3n) is 4.13. The molecule has 0 bridgehead atoms. The lowest BCUT2D eigenvalue weighted by molar-refractivity contribution is 0.302. The zero-order valence-electron chi connectivity index (χ0n) is 14.8. The maximum absolute atomic E-state index is 6.14. The second-order valence-electron chi connectivity index (χ2n) is 6.06. The van der Waals surface area contributed by atoms with E-state index in [1.54, 1.807) is 4.68 Å². The Morgan fingerprint density at radius 1 is 1.04 bits per heavy atom. The van der Waals surface area contributed by atoms with Crippen molar-refractivity contribution in [3.8, 4) is 17.4 Å². The van der Waals surface area contributed by atoms with Gasteiger partial charge in [0.2, 0.25) is 5.88 Å². The summed E-state index contributed by atoms with van der Waals surface area (Å²) in [4.78, 5) is 0. The van der Waals surface area contributed by atoms with Gasteiger partial charge >= 0.3 is 0 Å². The minimum absolute atomic E-state index is 0.506. The van der Waals surface area contributed by atoms with Crippen molar-refractivity contribution in [2.24, 2.45) is 7.05 Å². The van der Waals surface area contributed by atoms with Gasteiger partial charge in [-0.2, -0.15) is 5.10 Å². The first-order valence-corrected chi connectivity index (χ1v) is 8.90. The van der Waals surface area contributed by atoms with Gasteiger partial charge in [0.1, 0.15) is 18.1 Å². The van der Waals surface area contributed by atoms with Gasteiger partial charge in [-0.05, 0) is 53.9 Å². The summed E-state index contributed by atoms with van der Waals surface area (Å²) < 4.78 is 14.8. The lowest BCUT2D eigenvalue weighted by Crippen LogP contribution is -1.99. The first-order chi connectivity index (χ1) is 12.0. The Balaban J connectivity index is 1.85. The minimum atomic E-state index is 0.506. The molecule has 0 saturated heterocycles. The maximum atomic E-state index is 6.14. The van der Waals surface area contributed by atoms with Crippen molar-refractivity contribution in [3.63, 3.8) is 0 Å². The highest BCUT2D eigenvalue weighted by Gasteiger charge is 2.15. The van der Waals surface area contributed by atoms with Gasteiger partial charge < -0.3 is 9.47 Å². The second kappa shape index (κ2) is 7.31. The number of ether oxygens (including phenoxy) is 2. The predicted octanol–water partition coefficient (Wildman–Crippen LogP) is 5.48. The molecule has 0 aliphatic carbocycles. The molecule has 0 fully saturated rings. The number of hydrogen-bond acceptors (Lipinski definition) is 3. The molecule has 0 aliphatic heterocycles. The molecule has 0 saturated carbocycles. The van der Waals surface area contributed by atoms with Crippen molar-refractivity contribution >= 4 is 15.9 Å². The predicted molar refractivity (Wildman–Crippen MR) is 102 cm³/mol. The molecule has 3 aromatic rings. The molecule has 3 rings (SSSR count). The standard InChI is InChI=1S/C20H21BrN2O2/c1-13-10-17(21)19(24-12-16-8-6-5-7-9-16)11-18(13)25-20-14(2)15(3)22-23(20)4/h5-11H,12H2,1-4H3. The Morgan fingerprint density at radius 2 is 1.76 bits per heavy atom. The van der Waals surface area contributed by atoms with Crippen LogP contribution < -0.4 is 9.47 Å². The largest absolute Gasteiger partial charge is 0.488 e. The fourth-order valence-corrected chi connectivity index (χ4v) is 3.15. The van der Waals surface area contributed by atoms with E-state index >= 15 is 0 Å². The second-order valence-corrected chi connectivity index (χ2v) is 6.92. The maximum Gasteiger partial charge on any atom is 0.220 e. The molecule has 2 aromatic carbocycles. The summed E-state index contributed by atoms with van der Waals surface area (Å²) in [6.07, 6.45) is 0. The van der Waals surface area contributed by atoms with E-state index in [1.165, 1.54) is 0 Å². The number of hydrogen-bond donors (Lipinski definition) is 0. The third kappa shape index (κ3) is 3.87. The lowest BCUT2D eigenvalue weighted by atomic mass is 10.2. The summed E-state index contributed by atoms with van der Waals surface area (Å²) in [6, 6.07) is 14.0. The summed E-state index contributed by atoms with van der Waals surface area (Å²) in [5, 5.41) is 4.40. The molecule has 0 aliphatic rings. The highest BCUT2D eigenvalue weighted by Crippen LogP contribution is 2.36. The van der Waals surface area contributed by atoms with E-state index in [4.69, 9.17) is 9.47 Å². The Labute approximate surface area is 156 Å². The van der Waals surface area contributed by atoms with Crippen molar-refractivity contribution in [3.05, 3.63) is 69.3 Å². The fraction of sp³-hybridized carbons (Fsp3) is 0.250. The molecule has 130 valence electrons. The van der Waals surface area contributed by atoms with E-state index < -0.39 is 0 Å². The van der Waals surface area contributed by atoms with Crippen LogP contribution in [0.2, 0.25) is 0 Å². The van der Waals surface area contributed by atoms with E-state index in [2.05, 4.69) is 21.0 Å². The molecule has 0 amide bonds. The monoisotopic (exact) mass is 400 g/mol. The van der Waals surface area contributed by atoms with Crippen LogP contribution in [0.5, 0.6) is 17.4 Å². The smallest absolute Gasteiger partial charge is 0.220 e. The Hall–Kier alpha value is -2.27. The Bertz CT molecular complexity index is 888. The number of benzene rings is 2. The van der Waals surface area contributed by atoms with Crippen molar-refractivity contribution in [1.29, 1.82) is 0 Å². The highest BCUT2D eigenvalue weighted by atomic mass is 79.9. The van der Waals surface area contributed by atoms with Gasteiger partial charge in [-0.3, -0.25) is 0 Å². The Morgan fingerprint density at radius 3 is 2.40 bits per heavy atom. The van der Waals surface area contributed by atoms with Crippen molar-refractivity contribution in [2.75, 3.05) is 0 Å². The van der Waals surface area contributed by atoms with E-state index in [1.807, 2.05) is 70.3 Å². The average molecular weight is 401 g/mol. The number of nitrogens with zero attached hydrogens (tertiary/aromatic N) is 2. The van der Waals surface area contributed by atoms with Crippen LogP contribution in [0.3, 0.4) is 0 Å². The number of halogens is 1. The molecular weight excluding hydrogens is 380 g/mol. The molecule has 0 spiro atoms. The van der Waals surface area contributed by atoms with Crippen LogP contribution in [0.25, 0.3) is 0 Å². The van der Waals surface area contributed by atoms with Gasteiger partial charge in [0, 0.05) is 18.7 Å². The van der Waals surface area contributed by atoms with Crippen molar-refractivity contribution in [1.82, 2.24) is 9.78 Å². The third-order valence-corrected chi connectivity index (χ3v) is 4.75. The van der Waals surface area contributed by atoms with Crippen LogP contribution in [-0.2, 0) is 13.7 Å². The molecule has 1 heterocycles. The summed E-state index contributed by atoms with van der Waals surface area (Å²) in [6.45, 7) is 6.51. The quantitative estimate of drug-likeness (QED) is 0.568. The van der Waals surface area contributed by atoms with Crippen LogP contribution in [0, 0.1) is 20.8 Å². The molecule has 0 N–H and O–H groups in total. The van der Waals surface area contributed by atoms with E-state index in [0.717, 1.165) is 44.2 Å². The number of aromatic nitrogens is 2. The van der Waals surface area contributed by atoms with Gasteiger partial charge in [-0.25, -0.2) is 4.68 Å². The van der Waals surface area contributed by atoms with Crippen LogP contribution in [0.1, 0.15) is 22.4 Å². The molecule has 0 atom stereocenters. The van der Waals surface area contributed by atoms with E-state index in [9.17, 15) is 0 Å². The van der Waals surface area contributed by atoms with Crippen LogP contribution in [0.15, 0.2) is 46.9 Å². The van der Waals surface area contributed by atoms with Crippen molar-refractivity contribution in [2.45, 2.75) is 27.4 Å². The van der Waals surface area contributed by atoms with E-state index in [-0.39, 0.29) is 0 Å². The molecule has 4 nitrogen and oxygen atoms in total. The number of rotatable bonds is 5. The van der Waals surface area contributed by atoms with Crippen molar-refractivity contribution < 1.29 is 9.47 Å². The van der Waals surface area contributed by atoms with E-state index in [0.29, 0.717) is 6.61 Å². The van der Waals surface area contributed by atoms with Gasteiger partial charge in [0.15, 0.2) is 0 Å². The molecule has 25 heavy (non-hydrogen) atoms. The van der Waals surface area contributed by atoms with Crippen LogP contribution in [-0.4, -0.2) is 9.78 Å². The summed E-state index contributed by atoms with van der Waals surface area (Å²) in [5.74, 6) is 2.26. The zero-order chi connectivity index (χ0) is 18.0. The normalized spacial score (nSPS) is 10.8. The summed E-state index contributed by atoms with van der Waals surface area (Å²) in [5.41, 5.74) is 4.15. The zero-order valence-corrected chi connectivity index (χ0v) is 16.4. The van der Waals surface area contributed by atoms with Gasteiger partial charge in [-0.15, -0.1) is 0 Å². The summed E-state index contributed by atoms with van der Waals surface area (Å²) >= 11 is 3.58. The molecule has 0 radical (unpaired) electrons. The minimum Gasteiger partial charge on any atom is -0.488 e. The number of aryl methyl sites for hydroxylation is 3. The summed E-state index contributed by atoms with van der Waals surface area (Å²) in [7, 11) is 1.89. The molecule has 1 aromatic heterocycles. The average Bonchev–Trinajstić information content (AvgIpc) is 2.83. The lowest BCUT2D eigenvalue weighted by Gasteiger charge is -2.14. The Kier molecular flexibility index (Phi) is 5.13. The fourth-order valence-electron chi connectivity index (χ4n) is 2.58. The molecule has 0 unspecified atom stereocenters. The molecule has 5 heteroatoms. The first-order valence-electron chi connectivity index (χ1n) is 8.10. The van der Waals surface area contributed by atoms with Crippen LogP contribution in [0.4, 0.5) is 0 Å². The topological polar surface area (TPSA) is 36.3 Å². The van der Waals surface area contributed by atoms with Crippen LogP contribution >= 0.6 is 15.9 Å². The van der Waals surface area contributed by atoms with Gasteiger partial charge in [-0.1, -0.05) is 30.3 Å². The SMILES string of the molecule is Cc1cc(Br)c(OCc2ccccc2)cc1Oc1c(C)c(C)nn1C. The first kappa shape index (κ1) is 17.5. The van der Waals surface area contributed by atoms with Gasteiger partial charge in [0.05, 0.1) is 10.2 Å². The molecular formula is C20H21BrN2O2.